The van der Waals surface area contributed by atoms with E-state index >= 15 is 0 Å². The van der Waals surface area contributed by atoms with Gasteiger partial charge in [-0.25, -0.2) is 9.97 Å². The van der Waals surface area contributed by atoms with Crippen molar-refractivity contribution in [2.24, 2.45) is 5.92 Å². The third kappa shape index (κ3) is 3.92. The minimum atomic E-state index is -0.226. The van der Waals surface area contributed by atoms with Crippen LogP contribution in [-0.2, 0) is 4.79 Å². The summed E-state index contributed by atoms with van der Waals surface area (Å²) >= 11 is 6.04. The molecule has 6 heteroatoms. The number of carbonyl (C=O) groups is 1. The van der Waals surface area contributed by atoms with Crippen LogP contribution in [0.3, 0.4) is 0 Å². The highest BCUT2D eigenvalue weighted by atomic mass is 35.5. The van der Waals surface area contributed by atoms with E-state index in [1.165, 1.54) is 18.3 Å². The van der Waals surface area contributed by atoms with E-state index in [1.54, 1.807) is 6.92 Å². The third-order valence-corrected chi connectivity index (χ3v) is 6.32. The van der Waals surface area contributed by atoms with Gasteiger partial charge in [0.2, 0.25) is 0 Å². The lowest BCUT2D eigenvalue weighted by molar-refractivity contribution is -0.112. The standard InChI is InChI=1S/C23H25ClN4O/c1-14(2)23(29)27-21-20-10-11-28(22(20)26-13-25-21)19-9-6-17(12-19)15(3)16-4-7-18(24)8-5-16/h4-5,7-8,10-11,13,15,17,19H,1,6,9,12H2,2-3H3,(H,25,26,27,29). The second kappa shape index (κ2) is 7.99. The Kier molecular flexibility index (Phi) is 5.41. The molecule has 1 N–H and O–H groups in total. The molecule has 1 fully saturated rings. The molecule has 2 aromatic heterocycles. The van der Waals surface area contributed by atoms with Gasteiger partial charge in [-0.3, -0.25) is 4.79 Å². The summed E-state index contributed by atoms with van der Waals surface area (Å²) in [4.78, 5) is 20.8. The van der Waals surface area contributed by atoms with Crippen LogP contribution >= 0.6 is 11.6 Å². The lowest BCUT2D eigenvalue weighted by atomic mass is 9.86. The molecule has 29 heavy (non-hydrogen) atoms. The SMILES string of the molecule is C=C(C)C(=O)Nc1ncnc2c1ccn2C1CCC(C(C)c2ccc(Cl)cc2)C1. The predicted molar refractivity (Wildman–Crippen MR) is 117 cm³/mol. The first kappa shape index (κ1) is 19.6. The maximum atomic E-state index is 12.0. The molecule has 0 bridgehead atoms. The van der Waals surface area contributed by atoms with E-state index in [-0.39, 0.29) is 5.91 Å². The highest BCUT2D eigenvalue weighted by molar-refractivity contribution is 6.30. The zero-order valence-electron chi connectivity index (χ0n) is 16.7. The molecular weight excluding hydrogens is 384 g/mol. The van der Waals surface area contributed by atoms with Crippen LogP contribution in [0, 0.1) is 5.92 Å². The summed E-state index contributed by atoms with van der Waals surface area (Å²) in [5, 5.41) is 4.46. The van der Waals surface area contributed by atoms with Crippen LogP contribution in [-0.4, -0.2) is 20.4 Å². The van der Waals surface area contributed by atoms with Crippen LogP contribution in [0.15, 0.2) is 55.0 Å². The largest absolute Gasteiger partial charge is 0.329 e. The Balaban J connectivity index is 1.54. The van der Waals surface area contributed by atoms with Crippen molar-refractivity contribution < 1.29 is 4.79 Å². The Morgan fingerprint density at radius 1 is 1.24 bits per heavy atom. The Hall–Kier alpha value is -2.66. The number of aromatic nitrogens is 3. The zero-order valence-corrected chi connectivity index (χ0v) is 17.5. The number of nitrogens with one attached hydrogen (secondary N) is 1. The number of rotatable bonds is 5. The molecule has 5 nitrogen and oxygen atoms in total. The molecule has 0 radical (unpaired) electrons. The quantitative estimate of drug-likeness (QED) is 0.547. The summed E-state index contributed by atoms with van der Waals surface area (Å²) in [6, 6.07) is 10.6. The number of amides is 1. The fraction of sp³-hybridized carbons (Fsp3) is 0.348. The Labute approximate surface area is 175 Å². The van der Waals surface area contributed by atoms with Gasteiger partial charge in [-0.15, -0.1) is 0 Å². The molecule has 1 amide bonds. The molecule has 1 aliphatic carbocycles. The fourth-order valence-corrected chi connectivity index (χ4v) is 4.44. The lowest BCUT2D eigenvalue weighted by Crippen LogP contribution is -2.13. The first-order valence-electron chi connectivity index (χ1n) is 9.98. The van der Waals surface area contributed by atoms with Crippen LogP contribution in [0.2, 0.25) is 5.02 Å². The van der Waals surface area contributed by atoms with Gasteiger partial charge in [0.15, 0.2) is 0 Å². The van der Waals surface area contributed by atoms with E-state index in [0.717, 1.165) is 28.9 Å². The summed E-state index contributed by atoms with van der Waals surface area (Å²) in [7, 11) is 0. The summed E-state index contributed by atoms with van der Waals surface area (Å²) in [5.74, 6) is 1.41. The Morgan fingerprint density at radius 2 is 2.00 bits per heavy atom. The van der Waals surface area contributed by atoms with Crippen molar-refractivity contribution >= 4 is 34.4 Å². The smallest absolute Gasteiger partial charge is 0.251 e. The fourth-order valence-electron chi connectivity index (χ4n) is 4.32. The van der Waals surface area contributed by atoms with Crippen LogP contribution in [0.4, 0.5) is 5.82 Å². The van der Waals surface area contributed by atoms with Crippen molar-refractivity contribution in [1.82, 2.24) is 14.5 Å². The van der Waals surface area contributed by atoms with E-state index in [1.807, 2.05) is 18.2 Å². The summed E-state index contributed by atoms with van der Waals surface area (Å²) in [6.45, 7) is 7.67. The average Bonchev–Trinajstić information content (AvgIpc) is 3.35. The molecule has 0 saturated heterocycles. The first-order valence-corrected chi connectivity index (χ1v) is 10.4. The van der Waals surface area contributed by atoms with Crippen LogP contribution in [0.25, 0.3) is 11.0 Å². The van der Waals surface area contributed by atoms with Crippen molar-refractivity contribution in [3.8, 4) is 0 Å². The predicted octanol–water partition coefficient (Wildman–Crippen LogP) is 5.74. The van der Waals surface area contributed by atoms with Gasteiger partial charge >= 0.3 is 0 Å². The number of hydrogen-bond acceptors (Lipinski definition) is 3. The van der Waals surface area contributed by atoms with Crippen molar-refractivity contribution in [2.45, 2.75) is 45.1 Å². The molecule has 3 aromatic rings. The highest BCUT2D eigenvalue weighted by Gasteiger charge is 2.31. The van der Waals surface area contributed by atoms with E-state index in [9.17, 15) is 4.79 Å². The zero-order chi connectivity index (χ0) is 20.5. The van der Waals surface area contributed by atoms with Crippen molar-refractivity contribution in [2.75, 3.05) is 5.32 Å². The van der Waals surface area contributed by atoms with Gasteiger partial charge in [0.05, 0.1) is 5.39 Å². The highest BCUT2D eigenvalue weighted by Crippen LogP contribution is 2.43. The molecule has 1 aliphatic rings. The second-order valence-electron chi connectivity index (χ2n) is 7.98. The van der Waals surface area contributed by atoms with E-state index in [0.29, 0.717) is 29.3 Å². The Bertz CT molecular complexity index is 1060. The molecule has 0 aliphatic heterocycles. The first-order chi connectivity index (χ1) is 13.9. The molecular formula is C23H25ClN4O. The molecule has 3 unspecified atom stereocenters. The number of benzene rings is 1. The topological polar surface area (TPSA) is 59.8 Å². The number of hydrogen-bond donors (Lipinski definition) is 1. The molecule has 3 atom stereocenters. The number of nitrogens with zero attached hydrogens (tertiary/aromatic N) is 3. The number of fused-ring (bicyclic) bond motifs is 1. The number of carbonyl (C=O) groups excluding carboxylic acids is 1. The third-order valence-electron chi connectivity index (χ3n) is 6.07. The minimum absolute atomic E-state index is 0.226. The molecule has 1 aromatic carbocycles. The van der Waals surface area contributed by atoms with Gasteiger partial charge in [-0.2, -0.15) is 0 Å². The summed E-state index contributed by atoms with van der Waals surface area (Å²) < 4.78 is 2.24. The summed E-state index contributed by atoms with van der Waals surface area (Å²) in [5.41, 5.74) is 2.65. The molecule has 4 rings (SSSR count). The maximum Gasteiger partial charge on any atom is 0.251 e. The van der Waals surface area contributed by atoms with E-state index in [4.69, 9.17) is 11.6 Å². The van der Waals surface area contributed by atoms with Crippen LogP contribution < -0.4 is 5.32 Å². The van der Waals surface area contributed by atoms with Gasteiger partial charge < -0.3 is 9.88 Å². The number of halogens is 1. The van der Waals surface area contributed by atoms with Crippen molar-refractivity contribution in [3.05, 3.63) is 65.6 Å². The number of anilines is 1. The molecule has 1 saturated carbocycles. The molecule has 2 heterocycles. The van der Waals surface area contributed by atoms with Crippen molar-refractivity contribution in [1.29, 1.82) is 0 Å². The molecule has 0 spiro atoms. The van der Waals surface area contributed by atoms with Gasteiger partial charge in [-0.1, -0.05) is 37.2 Å². The van der Waals surface area contributed by atoms with Crippen molar-refractivity contribution in [3.63, 3.8) is 0 Å². The Morgan fingerprint density at radius 3 is 2.72 bits per heavy atom. The monoisotopic (exact) mass is 408 g/mol. The molecule has 150 valence electrons. The lowest BCUT2D eigenvalue weighted by Gasteiger charge is -2.20. The van der Waals surface area contributed by atoms with Crippen LogP contribution in [0.1, 0.15) is 50.6 Å². The second-order valence-corrected chi connectivity index (χ2v) is 8.42. The average molecular weight is 409 g/mol. The van der Waals surface area contributed by atoms with Gasteiger partial charge in [0.25, 0.3) is 5.91 Å². The summed E-state index contributed by atoms with van der Waals surface area (Å²) in [6.07, 6.45) is 6.97. The van der Waals surface area contributed by atoms with Crippen LogP contribution in [0.5, 0.6) is 0 Å². The minimum Gasteiger partial charge on any atom is -0.329 e. The maximum absolute atomic E-state index is 12.0. The van der Waals surface area contributed by atoms with Gasteiger partial charge in [0, 0.05) is 22.8 Å². The van der Waals surface area contributed by atoms with Gasteiger partial charge in [-0.05, 0) is 61.8 Å². The normalized spacial score (nSPS) is 20.0. The van der Waals surface area contributed by atoms with E-state index in [2.05, 4.69) is 51.7 Å². The van der Waals surface area contributed by atoms with Gasteiger partial charge in [0.1, 0.15) is 17.8 Å². The van der Waals surface area contributed by atoms with E-state index < -0.39 is 0 Å².